The molecule has 19 heavy (non-hydrogen) atoms. The van der Waals surface area contributed by atoms with Gasteiger partial charge in [-0.1, -0.05) is 0 Å². The van der Waals surface area contributed by atoms with Crippen LogP contribution in [0.15, 0.2) is 0 Å². The fraction of sp³-hybridized carbons (Fsp3) is 0.846. The van der Waals surface area contributed by atoms with Gasteiger partial charge >= 0.3 is 5.97 Å². The highest BCUT2D eigenvalue weighted by molar-refractivity contribution is 5.80. The Bertz CT molecular complexity index is 385. The standard InChI is InChI=1S/C13H19NO5/c15-12(16)6-9-7-14(3-4-18-9)13(17)10-5-8-1-2-11(10)19-8/h8-11H,1-7H2,(H,15,16). The second-order valence-corrected chi connectivity index (χ2v) is 5.59. The molecule has 3 rings (SSSR count). The highest BCUT2D eigenvalue weighted by atomic mass is 16.5. The Morgan fingerprint density at radius 1 is 1.32 bits per heavy atom. The Hall–Kier alpha value is -1.14. The second kappa shape index (κ2) is 5.09. The van der Waals surface area contributed by atoms with Gasteiger partial charge < -0.3 is 19.5 Å². The summed E-state index contributed by atoms with van der Waals surface area (Å²) in [4.78, 5) is 24.9. The minimum Gasteiger partial charge on any atom is -0.481 e. The molecule has 0 saturated carbocycles. The number of aliphatic carboxylic acids is 1. The number of rotatable bonds is 3. The highest BCUT2D eigenvalue weighted by Gasteiger charge is 2.46. The van der Waals surface area contributed by atoms with Crippen molar-refractivity contribution in [2.24, 2.45) is 5.92 Å². The number of hydrogen-bond donors (Lipinski definition) is 1. The van der Waals surface area contributed by atoms with Gasteiger partial charge in [-0.25, -0.2) is 0 Å². The summed E-state index contributed by atoms with van der Waals surface area (Å²) >= 11 is 0. The van der Waals surface area contributed by atoms with E-state index in [0.29, 0.717) is 19.7 Å². The third-order valence-electron chi connectivity index (χ3n) is 4.28. The molecule has 0 radical (unpaired) electrons. The number of carbonyl (C=O) groups excluding carboxylic acids is 1. The van der Waals surface area contributed by atoms with Crippen LogP contribution in [0.25, 0.3) is 0 Å². The Morgan fingerprint density at radius 2 is 2.16 bits per heavy atom. The molecule has 0 aromatic carbocycles. The molecule has 1 amide bonds. The van der Waals surface area contributed by atoms with E-state index in [1.165, 1.54) is 0 Å². The van der Waals surface area contributed by atoms with Gasteiger partial charge in [-0.15, -0.1) is 0 Å². The number of fused-ring (bicyclic) bond motifs is 2. The molecule has 3 saturated heterocycles. The van der Waals surface area contributed by atoms with Crippen molar-refractivity contribution in [1.29, 1.82) is 0 Å². The van der Waals surface area contributed by atoms with Crippen molar-refractivity contribution in [1.82, 2.24) is 4.90 Å². The van der Waals surface area contributed by atoms with E-state index >= 15 is 0 Å². The van der Waals surface area contributed by atoms with Gasteiger partial charge in [-0.05, 0) is 19.3 Å². The van der Waals surface area contributed by atoms with Gasteiger partial charge in [0, 0.05) is 13.1 Å². The zero-order valence-corrected chi connectivity index (χ0v) is 10.8. The molecule has 6 nitrogen and oxygen atoms in total. The van der Waals surface area contributed by atoms with Crippen LogP contribution in [-0.2, 0) is 19.1 Å². The van der Waals surface area contributed by atoms with E-state index < -0.39 is 5.97 Å². The zero-order chi connectivity index (χ0) is 13.4. The summed E-state index contributed by atoms with van der Waals surface area (Å²) in [5, 5.41) is 8.78. The van der Waals surface area contributed by atoms with Gasteiger partial charge in [0.05, 0.1) is 37.3 Å². The van der Waals surface area contributed by atoms with Gasteiger partial charge in [0.2, 0.25) is 5.91 Å². The van der Waals surface area contributed by atoms with E-state index in [2.05, 4.69) is 0 Å². The number of carboxylic acid groups (broad SMARTS) is 1. The molecule has 0 aliphatic carbocycles. The summed E-state index contributed by atoms with van der Waals surface area (Å²) in [5.41, 5.74) is 0. The molecule has 1 N–H and O–H groups in total. The Balaban J connectivity index is 1.59. The number of morpholine rings is 1. The molecular weight excluding hydrogens is 250 g/mol. The van der Waals surface area contributed by atoms with Crippen LogP contribution in [0.3, 0.4) is 0 Å². The van der Waals surface area contributed by atoms with Crippen LogP contribution in [0.5, 0.6) is 0 Å². The molecular formula is C13H19NO5. The van der Waals surface area contributed by atoms with Crippen molar-refractivity contribution in [2.75, 3.05) is 19.7 Å². The van der Waals surface area contributed by atoms with Crippen molar-refractivity contribution in [3.63, 3.8) is 0 Å². The van der Waals surface area contributed by atoms with Crippen molar-refractivity contribution in [3.8, 4) is 0 Å². The lowest BCUT2D eigenvalue weighted by Gasteiger charge is -2.35. The van der Waals surface area contributed by atoms with Crippen LogP contribution < -0.4 is 0 Å². The molecule has 3 fully saturated rings. The summed E-state index contributed by atoms with van der Waals surface area (Å²) < 4.78 is 11.1. The van der Waals surface area contributed by atoms with Crippen LogP contribution in [-0.4, -0.2) is 59.9 Å². The maximum atomic E-state index is 12.5. The van der Waals surface area contributed by atoms with Crippen LogP contribution in [0.2, 0.25) is 0 Å². The molecule has 4 atom stereocenters. The largest absolute Gasteiger partial charge is 0.481 e. The average molecular weight is 269 g/mol. The number of ether oxygens (including phenoxy) is 2. The fourth-order valence-electron chi connectivity index (χ4n) is 3.37. The van der Waals surface area contributed by atoms with E-state index in [9.17, 15) is 9.59 Å². The lowest BCUT2D eigenvalue weighted by molar-refractivity contribution is -0.150. The highest BCUT2D eigenvalue weighted by Crippen LogP contribution is 2.39. The van der Waals surface area contributed by atoms with E-state index in [4.69, 9.17) is 14.6 Å². The molecule has 3 aliphatic heterocycles. The third-order valence-corrected chi connectivity index (χ3v) is 4.28. The number of hydrogen-bond acceptors (Lipinski definition) is 4. The topological polar surface area (TPSA) is 76.1 Å². The Morgan fingerprint density at radius 3 is 2.79 bits per heavy atom. The minimum atomic E-state index is -0.887. The van der Waals surface area contributed by atoms with Crippen LogP contribution >= 0.6 is 0 Å². The zero-order valence-electron chi connectivity index (χ0n) is 10.8. The van der Waals surface area contributed by atoms with E-state index in [0.717, 1.165) is 19.3 Å². The first-order valence-electron chi connectivity index (χ1n) is 6.91. The summed E-state index contributed by atoms with van der Waals surface area (Å²) in [6, 6.07) is 0. The molecule has 2 bridgehead atoms. The monoisotopic (exact) mass is 269 g/mol. The number of amides is 1. The predicted octanol–water partition coefficient (Wildman–Crippen LogP) is 0.256. The SMILES string of the molecule is O=C(O)CC1CN(C(=O)C2CC3CCC2O3)CCO1. The molecule has 3 heterocycles. The summed E-state index contributed by atoms with van der Waals surface area (Å²) in [6.07, 6.45) is 2.78. The third kappa shape index (κ3) is 2.60. The molecule has 0 spiro atoms. The van der Waals surface area contributed by atoms with Crippen LogP contribution in [0.1, 0.15) is 25.7 Å². The van der Waals surface area contributed by atoms with Crippen molar-refractivity contribution in [2.45, 2.75) is 44.0 Å². The van der Waals surface area contributed by atoms with Crippen LogP contribution in [0.4, 0.5) is 0 Å². The first-order chi connectivity index (χ1) is 9.13. The van der Waals surface area contributed by atoms with Crippen LogP contribution in [0, 0.1) is 5.92 Å². The maximum absolute atomic E-state index is 12.5. The normalized spacial score (nSPS) is 37.6. The van der Waals surface area contributed by atoms with Gasteiger partial charge in [-0.2, -0.15) is 0 Å². The Labute approximate surface area is 111 Å². The predicted molar refractivity (Wildman–Crippen MR) is 64.6 cm³/mol. The van der Waals surface area contributed by atoms with E-state index in [-0.39, 0.29) is 36.6 Å². The lowest BCUT2D eigenvalue weighted by atomic mass is 9.88. The molecule has 106 valence electrons. The fourth-order valence-corrected chi connectivity index (χ4v) is 3.37. The van der Waals surface area contributed by atoms with Gasteiger partial charge in [0.25, 0.3) is 0 Å². The summed E-state index contributed by atoms with van der Waals surface area (Å²) in [7, 11) is 0. The summed E-state index contributed by atoms with van der Waals surface area (Å²) in [5.74, 6) is -0.796. The molecule has 0 aromatic rings. The maximum Gasteiger partial charge on any atom is 0.306 e. The molecule has 3 aliphatic rings. The first kappa shape index (κ1) is 12.9. The first-order valence-corrected chi connectivity index (χ1v) is 6.91. The van der Waals surface area contributed by atoms with Gasteiger partial charge in [0.1, 0.15) is 0 Å². The smallest absolute Gasteiger partial charge is 0.306 e. The number of nitrogens with zero attached hydrogens (tertiary/aromatic N) is 1. The summed E-state index contributed by atoms with van der Waals surface area (Å²) in [6.45, 7) is 1.37. The number of carbonyl (C=O) groups is 2. The number of carboxylic acids is 1. The second-order valence-electron chi connectivity index (χ2n) is 5.59. The van der Waals surface area contributed by atoms with E-state index in [1.54, 1.807) is 4.90 Å². The van der Waals surface area contributed by atoms with Gasteiger partial charge in [-0.3, -0.25) is 9.59 Å². The minimum absolute atomic E-state index is 0.0256. The molecule has 6 heteroatoms. The average Bonchev–Trinajstić information content (AvgIpc) is 2.99. The van der Waals surface area contributed by atoms with Crippen molar-refractivity contribution in [3.05, 3.63) is 0 Å². The Kier molecular flexibility index (Phi) is 3.45. The quantitative estimate of drug-likeness (QED) is 0.795. The van der Waals surface area contributed by atoms with E-state index in [1.807, 2.05) is 0 Å². The lowest BCUT2D eigenvalue weighted by Crippen LogP contribution is -2.49. The van der Waals surface area contributed by atoms with Gasteiger partial charge in [0.15, 0.2) is 0 Å². The molecule has 0 aromatic heterocycles. The van der Waals surface area contributed by atoms with Crippen molar-refractivity contribution < 1.29 is 24.2 Å². The molecule has 4 unspecified atom stereocenters. The van der Waals surface area contributed by atoms with Crippen molar-refractivity contribution >= 4 is 11.9 Å².